The summed E-state index contributed by atoms with van der Waals surface area (Å²) < 4.78 is 11.7. The van der Waals surface area contributed by atoms with Crippen LogP contribution in [0.1, 0.15) is 12.5 Å². The van der Waals surface area contributed by atoms with Crippen molar-refractivity contribution < 1.29 is 9.32 Å². The van der Waals surface area contributed by atoms with Crippen molar-refractivity contribution in [3.05, 3.63) is 41.3 Å². The van der Waals surface area contributed by atoms with Gasteiger partial charge in [-0.15, -0.1) is 0 Å². The Balaban J connectivity index is 2.90. The maximum atomic E-state index is 11.7. The third-order valence-corrected chi connectivity index (χ3v) is 3.46. The highest BCUT2D eigenvalue weighted by molar-refractivity contribution is 7.89. The Hall–Kier alpha value is -0.930. The summed E-state index contributed by atoms with van der Waals surface area (Å²) in [5, 5.41) is 9.21. The average molecular weight is 210 g/mol. The SMILES string of the molecule is C=C([C@H](C)O)[S@@](=O)c1ccc(C)cc1. The molecule has 0 radical (unpaired) electrons. The fourth-order valence-corrected chi connectivity index (χ4v) is 1.96. The molecule has 1 N–H and O–H groups in total. The fourth-order valence-electron chi connectivity index (χ4n) is 0.968. The number of aliphatic hydroxyl groups excluding tert-OH is 1. The van der Waals surface area contributed by atoms with Gasteiger partial charge in [-0.05, 0) is 26.0 Å². The van der Waals surface area contributed by atoms with Gasteiger partial charge in [-0.25, -0.2) is 4.21 Å². The van der Waals surface area contributed by atoms with E-state index in [1.165, 1.54) is 0 Å². The van der Waals surface area contributed by atoms with Crippen molar-refractivity contribution in [1.29, 1.82) is 0 Å². The van der Waals surface area contributed by atoms with E-state index >= 15 is 0 Å². The number of benzene rings is 1. The predicted octanol–water partition coefficient (Wildman–Crippen LogP) is 2.00. The fraction of sp³-hybridized carbons (Fsp3) is 0.273. The molecule has 2 atom stereocenters. The van der Waals surface area contributed by atoms with Crippen molar-refractivity contribution in [3.8, 4) is 0 Å². The molecular formula is C11H14O2S. The van der Waals surface area contributed by atoms with Gasteiger partial charge in [0.25, 0.3) is 0 Å². The van der Waals surface area contributed by atoms with Crippen LogP contribution in [0.4, 0.5) is 0 Å². The van der Waals surface area contributed by atoms with E-state index in [1.807, 2.05) is 19.1 Å². The number of aliphatic hydroxyl groups is 1. The summed E-state index contributed by atoms with van der Waals surface area (Å²) in [7, 11) is -1.31. The van der Waals surface area contributed by atoms with Gasteiger partial charge in [0.1, 0.15) is 0 Å². The molecule has 0 saturated heterocycles. The Morgan fingerprint density at radius 2 is 1.93 bits per heavy atom. The van der Waals surface area contributed by atoms with Crippen molar-refractivity contribution in [3.63, 3.8) is 0 Å². The minimum absolute atomic E-state index is 0.342. The van der Waals surface area contributed by atoms with Crippen molar-refractivity contribution >= 4 is 10.8 Å². The van der Waals surface area contributed by atoms with E-state index < -0.39 is 16.9 Å². The molecule has 0 bridgehead atoms. The molecule has 1 rings (SSSR count). The summed E-state index contributed by atoms with van der Waals surface area (Å²) in [5.41, 5.74) is 1.12. The summed E-state index contributed by atoms with van der Waals surface area (Å²) in [4.78, 5) is 1.02. The van der Waals surface area contributed by atoms with Crippen molar-refractivity contribution in [1.82, 2.24) is 0 Å². The second-order valence-corrected chi connectivity index (χ2v) is 4.76. The zero-order valence-corrected chi connectivity index (χ0v) is 9.17. The number of aryl methyl sites for hydroxylation is 1. The van der Waals surface area contributed by atoms with Gasteiger partial charge in [-0.3, -0.25) is 0 Å². The molecule has 0 aliphatic rings. The molecule has 0 amide bonds. The molecule has 76 valence electrons. The van der Waals surface area contributed by atoms with Gasteiger partial charge in [-0.1, -0.05) is 24.3 Å². The Morgan fingerprint density at radius 3 is 2.36 bits per heavy atom. The second-order valence-electron chi connectivity index (χ2n) is 3.22. The Labute approximate surface area is 86.7 Å². The van der Waals surface area contributed by atoms with Crippen LogP contribution < -0.4 is 0 Å². The molecule has 0 heterocycles. The topological polar surface area (TPSA) is 37.3 Å². The van der Waals surface area contributed by atoms with Crippen LogP contribution in [0, 0.1) is 6.92 Å². The molecule has 0 unspecified atom stereocenters. The van der Waals surface area contributed by atoms with Gasteiger partial charge in [0, 0.05) is 9.80 Å². The van der Waals surface area contributed by atoms with Crippen molar-refractivity contribution in [2.45, 2.75) is 24.8 Å². The summed E-state index contributed by atoms with van der Waals surface area (Å²) in [6, 6.07) is 7.36. The van der Waals surface area contributed by atoms with Crippen LogP contribution in [-0.4, -0.2) is 15.4 Å². The third kappa shape index (κ3) is 2.53. The molecule has 1 aromatic rings. The molecule has 0 aliphatic heterocycles. The lowest BCUT2D eigenvalue weighted by atomic mass is 10.2. The van der Waals surface area contributed by atoms with E-state index in [2.05, 4.69) is 6.58 Å². The molecule has 0 aliphatic carbocycles. The first-order valence-corrected chi connectivity index (χ1v) is 5.52. The lowest BCUT2D eigenvalue weighted by Gasteiger charge is -2.08. The van der Waals surface area contributed by atoms with Crippen LogP contribution in [0.15, 0.2) is 40.6 Å². The van der Waals surface area contributed by atoms with Crippen LogP contribution in [-0.2, 0) is 10.8 Å². The molecule has 0 fully saturated rings. The normalized spacial score (nSPS) is 14.8. The van der Waals surface area contributed by atoms with Crippen LogP contribution in [0.2, 0.25) is 0 Å². The quantitative estimate of drug-likeness (QED) is 0.828. The molecular weight excluding hydrogens is 196 g/mol. The first-order chi connectivity index (χ1) is 6.52. The number of hydrogen-bond donors (Lipinski definition) is 1. The molecule has 0 saturated carbocycles. The highest BCUT2D eigenvalue weighted by Gasteiger charge is 2.12. The van der Waals surface area contributed by atoms with Gasteiger partial charge in [0.2, 0.25) is 0 Å². The lowest BCUT2D eigenvalue weighted by molar-refractivity contribution is 0.240. The van der Waals surface area contributed by atoms with E-state index in [0.717, 1.165) is 5.56 Å². The standard InChI is InChI=1S/C11H14O2S/c1-8-4-6-11(7-5-8)14(13)10(3)9(2)12/h4-7,9,12H,3H2,1-2H3/t9-,14+/m0/s1. The average Bonchev–Trinajstić information content (AvgIpc) is 2.16. The van der Waals surface area contributed by atoms with Gasteiger partial charge in [0.05, 0.1) is 16.9 Å². The van der Waals surface area contributed by atoms with E-state index in [4.69, 9.17) is 0 Å². The predicted molar refractivity (Wildman–Crippen MR) is 58.4 cm³/mol. The van der Waals surface area contributed by atoms with E-state index in [1.54, 1.807) is 19.1 Å². The molecule has 0 aromatic heterocycles. The maximum Gasteiger partial charge on any atom is 0.0843 e. The molecule has 14 heavy (non-hydrogen) atoms. The minimum Gasteiger partial charge on any atom is -0.388 e. The van der Waals surface area contributed by atoms with E-state index in [9.17, 15) is 9.32 Å². The largest absolute Gasteiger partial charge is 0.388 e. The van der Waals surface area contributed by atoms with Crippen LogP contribution >= 0.6 is 0 Å². The Morgan fingerprint density at radius 1 is 1.43 bits per heavy atom. The molecule has 1 aromatic carbocycles. The lowest BCUT2D eigenvalue weighted by Crippen LogP contribution is -2.08. The van der Waals surface area contributed by atoms with E-state index in [0.29, 0.717) is 9.80 Å². The summed E-state index contributed by atoms with van der Waals surface area (Å²) in [5.74, 6) is 0. The second kappa shape index (κ2) is 4.53. The molecule has 2 nitrogen and oxygen atoms in total. The zero-order valence-electron chi connectivity index (χ0n) is 8.36. The minimum atomic E-state index is -1.31. The molecule has 0 spiro atoms. The van der Waals surface area contributed by atoms with Crippen LogP contribution in [0.5, 0.6) is 0 Å². The van der Waals surface area contributed by atoms with Crippen molar-refractivity contribution in [2.75, 3.05) is 0 Å². The summed E-state index contributed by atoms with van der Waals surface area (Å²) >= 11 is 0. The first-order valence-electron chi connectivity index (χ1n) is 4.37. The van der Waals surface area contributed by atoms with Gasteiger partial charge in [0.15, 0.2) is 0 Å². The van der Waals surface area contributed by atoms with Crippen molar-refractivity contribution in [2.24, 2.45) is 0 Å². The maximum absolute atomic E-state index is 11.7. The molecule has 3 heteroatoms. The monoisotopic (exact) mass is 210 g/mol. The van der Waals surface area contributed by atoms with Crippen LogP contribution in [0.3, 0.4) is 0 Å². The smallest absolute Gasteiger partial charge is 0.0843 e. The Kier molecular flexibility index (Phi) is 3.61. The number of rotatable bonds is 3. The van der Waals surface area contributed by atoms with Gasteiger partial charge >= 0.3 is 0 Å². The summed E-state index contributed by atoms with van der Waals surface area (Å²) in [6.45, 7) is 7.14. The zero-order chi connectivity index (χ0) is 10.7. The highest BCUT2D eigenvalue weighted by Crippen LogP contribution is 2.16. The number of hydrogen-bond acceptors (Lipinski definition) is 2. The van der Waals surface area contributed by atoms with Gasteiger partial charge < -0.3 is 5.11 Å². The first kappa shape index (κ1) is 11.1. The van der Waals surface area contributed by atoms with Crippen LogP contribution in [0.25, 0.3) is 0 Å². The Bertz CT molecular complexity index is 352. The van der Waals surface area contributed by atoms with Gasteiger partial charge in [-0.2, -0.15) is 0 Å². The highest BCUT2D eigenvalue weighted by atomic mass is 32.2. The van der Waals surface area contributed by atoms with E-state index in [-0.39, 0.29) is 0 Å². The summed E-state index contributed by atoms with van der Waals surface area (Å²) in [6.07, 6.45) is -0.739. The third-order valence-electron chi connectivity index (χ3n) is 1.94.